The molecule has 1 aliphatic rings. The molecule has 10 nitrogen and oxygen atoms in total. The summed E-state index contributed by atoms with van der Waals surface area (Å²) in [5, 5.41) is 15.5. The first kappa shape index (κ1) is 33.8. The summed E-state index contributed by atoms with van der Waals surface area (Å²) in [6.07, 6.45) is 7.08. The third kappa shape index (κ3) is 7.55. The smallest absolute Gasteiger partial charge is 0.337 e. The Bertz CT molecular complexity index is 1770. The van der Waals surface area contributed by atoms with Gasteiger partial charge in [0.25, 0.3) is 0 Å². The number of carboxylic acid groups (broad SMARTS) is 1. The molecule has 0 saturated carbocycles. The van der Waals surface area contributed by atoms with Crippen molar-refractivity contribution < 1.29 is 24.1 Å². The Morgan fingerprint density at radius 3 is 2.53 bits per heavy atom. The van der Waals surface area contributed by atoms with Crippen molar-refractivity contribution in [2.24, 2.45) is 0 Å². The summed E-state index contributed by atoms with van der Waals surface area (Å²) in [7, 11) is 0. The number of hydrogen-bond acceptors (Lipinski definition) is 8. The van der Waals surface area contributed by atoms with Crippen LogP contribution in [0.15, 0.2) is 74.1 Å². The highest BCUT2D eigenvalue weighted by Gasteiger charge is 2.37. The molecule has 0 radical (unpaired) electrons. The van der Waals surface area contributed by atoms with E-state index in [0.29, 0.717) is 53.9 Å². The summed E-state index contributed by atoms with van der Waals surface area (Å²) in [4.78, 5) is 24.2. The fourth-order valence-electron chi connectivity index (χ4n) is 5.85. The van der Waals surface area contributed by atoms with E-state index >= 15 is 0 Å². The van der Waals surface area contributed by atoms with E-state index in [4.69, 9.17) is 24.3 Å². The Morgan fingerprint density at radius 2 is 1.87 bits per heavy atom. The molecule has 0 bridgehead atoms. The lowest BCUT2D eigenvalue weighted by molar-refractivity contribution is -0.160. The van der Waals surface area contributed by atoms with Gasteiger partial charge in [-0.3, -0.25) is 4.98 Å². The Morgan fingerprint density at radius 1 is 1.15 bits per heavy atom. The van der Waals surface area contributed by atoms with E-state index in [2.05, 4.69) is 30.0 Å². The number of rotatable bonds is 12. The number of aryl methyl sites for hydroxylation is 1. The minimum atomic E-state index is -1.25. The summed E-state index contributed by atoms with van der Waals surface area (Å²) in [5.41, 5.74) is 4.00. The third-order valence-electron chi connectivity index (χ3n) is 8.33. The predicted octanol–water partition coefficient (Wildman–Crippen LogP) is 7.22. The highest BCUT2D eigenvalue weighted by Crippen LogP contribution is 2.39. The lowest BCUT2D eigenvalue weighted by Crippen LogP contribution is -2.45. The van der Waals surface area contributed by atoms with Crippen molar-refractivity contribution in [1.82, 2.24) is 19.6 Å². The molecule has 4 heterocycles. The normalized spacial score (nSPS) is 16.1. The van der Waals surface area contributed by atoms with Crippen LogP contribution in [0.25, 0.3) is 28.0 Å². The SMILES string of the molecule is C=CCOC1(C)CCN(c2c(C(OC(C)(C)C)C(=O)O)c(C)nc3cc(-c4cccc(-c5cnccc5OC(C)C=C)c4)nn23)CC1. The summed E-state index contributed by atoms with van der Waals surface area (Å²) in [5.74, 6) is 0.289. The van der Waals surface area contributed by atoms with Gasteiger partial charge in [-0.25, -0.2) is 9.78 Å². The Labute approximate surface area is 276 Å². The molecule has 2 unspecified atom stereocenters. The zero-order valence-electron chi connectivity index (χ0n) is 28.2. The van der Waals surface area contributed by atoms with Gasteiger partial charge in [-0.05, 0) is 72.1 Å². The topological polar surface area (TPSA) is 111 Å². The summed E-state index contributed by atoms with van der Waals surface area (Å²) >= 11 is 0. The van der Waals surface area contributed by atoms with Crippen LogP contribution in [0.2, 0.25) is 0 Å². The molecular formula is C37H45N5O5. The zero-order chi connectivity index (χ0) is 33.9. The van der Waals surface area contributed by atoms with Crippen LogP contribution in [0.5, 0.6) is 5.75 Å². The molecule has 5 rings (SSSR count). The van der Waals surface area contributed by atoms with Crippen molar-refractivity contribution >= 4 is 17.4 Å². The second-order valence-electron chi connectivity index (χ2n) is 13.2. The maximum absolute atomic E-state index is 12.8. The van der Waals surface area contributed by atoms with Crippen LogP contribution in [-0.2, 0) is 14.3 Å². The first-order valence-corrected chi connectivity index (χ1v) is 16.0. The van der Waals surface area contributed by atoms with Gasteiger partial charge in [-0.2, -0.15) is 9.61 Å². The Kier molecular flexibility index (Phi) is 9.84. The molecule has 2 atom stereocenters. The number of aromatic nitrogens is 4. The van der Waals surface area contributed by atoms with E-state index in [1.54, 1.807) is 29.1 Å². The number of ether oxygens (including phenoxy) is 3. The number of fused-ring (bicyclic) bond motifs is 1. The van der Waals surface area contributed by atoms with E-state index in [9.17, 15) is 9.90 Å². The molecule has 0 aliphatic carbocycles. The minimum Gasteiger partial charge on any atom is -0.486 e. The lowest BCUT2D eigenvalue weighted by atomic mass is 9.92. The van der Waals surface area contributed by atoms with Gasteiger partial charge >= 0.3 is 5.97 Å². The van der Waals surface area contributed by atoms with Crippen molar-refractivity contribution in [3.8, 4) is 28.1 Å². The summed E-state index contributed by atoms with van der Waals surface area (Å²) in [6, 6.07) is 11.8. The van der Waals surface area contributed by atoms with E-state index in [1.165, 1.54) is 0 Å². The van der Waals surface area contributed by atoms with Gasteiger partial charge in [0.05, 0.1) is 29.1 Å². The third-order valence-corrected chi connectivity index (χ3v) is 8.33. The molecule has 248 valence electrons. The second-order valence-corrected chi connectivity index (χ2v) is 13.2. The minimum absolute atomic E-state index is 0.169. The van der Waals surface area contributed by atoms with Crippen molar-refractivity contribution in [3.05, 3.63) is 85.4 Å². The number of pyridine rings is 1. The van der Waals surface area contributed by atoms with Gasteiger partial charge in [0.2, 0.25) is 0 Å². The maximum Gasteiger partial charge on any atom is 0.337 e. The maximum atomic E-state index is 12.8. The van der Waals surface area contributed by atoms with E-state index < -0.39 is 17.7 Å². The molecule has 4 aromatic rings. The van der Waals surface area contributed by atoms with Crippen LogP contribution in [0.1, 0.15) is 64.8 Å². The van der Waals surface area contributed by atoms with E-state index in [1.807, 2.05) is 71.0 Å². The van der Waals surface area contributed by atoms with Gasteiger partial charge in [0.1, 0.15) is 17.7 Å². The Hall–Kier alpha value is -4.54. The predicted molar refractivity (Wildman–Crippen MR) is 184 cm³/mol. The molecule has 3 aromatic heterocycles. The average molecular weight is 640 g/mol. The monoisotopic (exact) mass is 639 g/mol. The first-order chi connectivity index (χ1) is 22.3. The number of nitrogens with zero attached hydrogens (tertiary/aromatic N) is 5. The van der Waals surface area contributed by atoms with Crippen LogP contribution in [0.4, 0.5) is 5.82 Å². The van der Waals surface area contributed by atoms with Gasteiger partial charge in [0, 0.05) is 48.4 Å². The molecular weight excluding hydrogens is 594 g/mol. The number of piperidine rings is 1. The fraction of sp³-hybridized carbons (Fsp3) is 0.405. The van der Waals surface area contributed by atoms with Gasteiger partial charge in [0.15, 0.2) is 11.8 Å². The highest BCUT2D eigenvalue weighted by molar-refractivity contribution is 5.80. The van der Waals surface area contributed by atoms with E-state index in [-0.39, 0.29) is 11.7 Å². The van der Waals surface area contributed by atoms with Crippen molar-refractivity contribution in [2.75, 3.05) is 24.6 Å². The van der Waals surface area contributed by atoms with Crippen LogP contribution in [0, 0.1) is 6.92 Å². The Balaban J connectivity index is 1.63. The summed E-state index contributed by atoms with van der Waals surface area (Å²) in [6.45, 7) is 20.8. The summed E-state index contributed by atoms with van der Waals surface area (Å²) < 4.78 is 20.2. The van der Waals surface area contributed by atoms with Gasteiger partial charge in [-0.1, -0.05) is 36.9 Å². The van der Waals surface area contributed by atoms with Crippen LogP contribution in [0.3, 0.4) is 0 Å². The lowest BCUT2D eigenvalue weighted by Gasteiger charge is -2.41. The van der Waals surface area contributed by atoms with Crippen molar-refractivity contribution in [2.45, 2.75) is 77.8 Å². The van der Waals surface area contributed by atoms with Crippen molar-refractivity contribution in [1.29, 1.82) is 0 Å². The average Bonchev–Trinajstić information content (AvgIpc) is 3.46. The molecule has 1 saturated heterocycles. The number of hydrogen-bond donors (Lipinski definition) is 1. The second kappa shape index (κ2) is 13.7. The number of carbonyl (C=O) groups is 1. The molecule has 1 N–H and O–H groups in total. The molecule has 47 heavy (non-hydrogen) atoms. The number of benzene rings is 1. The van der Waals surface area contributed by atoms with Crippen LogP contribution >= 0.6 is 0 Å². The standard InChI is InChI=1S/C37H45N5O5/c1-9-20-45-37(8)15-18-41(19-16-37)34-32(33(35(43)44)47-36(5,6)7)25(4)39-31-22-29(40-42(31)34)27-13-11-12-26(21-27)28-23-38-17-14-30(28)46-24(3)10-2/h9-14,17,21-24,33H,1-2,15-16,18-20H2,3-8H3,(H,43,44). The number of aliphatic carboxylic acids is 1. The molecule has 0 amide bonds. The number of carboxylic acids is 1. The van der Waals surface area contributed by atoms with Crippen LogP contribution < -0.4 is 9.64 Å². The molecule has 1 aromatic carbocycles. The van der Waals surface area contributed by atoms with Crippen LogP contribution in [-0.4, -0.2) is 67.7 Å². The largest absolute Gasteiger partial charge is 0.486 e. The molecule has 1 fully saturated rings. The van der Waals surface area contributed by atoms with Gasteiger partial charge < -0.3 is 24.2 Å². The quantitative estimate of drug-likeness (QED) is 0.161. The molecule has 1 aliphatic heterocycles. The fourth-order valence-corrected chi connectivity index (χ4v) is 5.85. The van der Waals surface area contributed by atoms with Crippen molar-refractivity contribution in [3.63, 3.8) is 0 Å². The first-order valence-electron chi connectivity index (χ1n) is 16.0. The number of anilines is 1. The van der Waals surface area contributed by atoms with Gasteiger partial charge in [-0.15, -0.1) is 6.58 Å². The molecule has 10 heteroatoms. The molecule has 0 spiro atoms. The highest BCUT2D eigenvalue weighted by atomic mass is 16.5. The zero-order valence-corrected chi connectivity index (χ0v) is 28.2. The van der Waals surface area contributed by atoms with E-state index in [0.717, 1.165) is 29.5 Å².